The Labute approximate surface area is 104 Å². The summed E-state index contributed by atoms with van der Waals surface area (Å²) in [4.78, 5) is 0. The molecule has 1 fully saturated rings. The van der Waals surface area contributed by atoms with Gasteiger partial charge >= 0.3 is 0 Å². The van der Waals surface area contributed by atoms with E-state index in [1.807, 2.05) is 0 Å². The SMILES string of the molecule is CC(F)(F)C1CNCC[C@]1(CCO)c1cnno1. The zero-order valence-electron chi connectivity index (χ0n) is 10.2. The molecule has 1 saturated heterocycles. The van der Waals surface area contributed by atoms with Gasteiger partial charge in [0.15, 0.2) is 5.76 Å². The number of nitrogens with one attached hydrogen (secondary N) is 1. The van der Waals surface area contributed by atoms with E-state index in [1.165, 1.54) is 6.20 Å². The van der Waals surface area contributed by atoms with E-state index in [0.717, 1.165) is 6.92 Å². The van der Waals surface area contributed by atoms with E-state index >= 15 is 0 Å². The number of alkyl halides is 2. The number of rotatable bonds is 4. The van der Waals surface area contributed by atoms with Crippen LogP contribution < -0.4 is 5.32 Å². The first-order chi connectivity index (χ1) is 8.50. The lowest BCUT2D eigenvalue weighted by atomic mass is 9.65. The lowest BCUT2D eigenvalue weighted by molar-refractivity contribution is -0.0918. The van der Waals surface area contributed by atoms with Crippen LogP contribution in [0.2, 0.25) is 0 Å². The maximum Gasteiger partial charge on any atom is 0.250 e. The van der Waals surface area contributed by atoms with Crippen molar-refractivity contribution in [2.75, 3.05) is 19.7 Å². The number of piperidine rings is 1. The van der Waals surface area contributed by atoms with Crippen LogP contribution in [-0.2, 0) is 5.41 Å². The number of aliphatic hydroxyl groups excluding tert-OH is 1. The molecule has 102 valence electrons. The highest BCUT2D eigenvalue weighted by Gasteiger charge is 2.53. The Bertz CT molecular complexity index is 376. The summed E-state index contributed by atoms with van der Waals surface area (Å²) in [5.41, 5.74) is -0.901. The van der Waals surface area contributed by atoms with Gasteiger partial charge in [0, 0.05) is 29.8 Å². The summed E-state index contributed by atoms with van der Waals surface area (Å²) in [6, 6.07) is 0. The van der Waals surface area contributed by atoms with Crippen molar-refractivity contribution in [2.45, 2.75) is 31.1 Å². The molecule has 1 aliphatic rings. The molecule has 0 spiro atoms. The van der Waals surface area contributed by atoms with Gasteiger partial charge in [-0.15, -0.1) is 5.10 Å². The standard InChI is InChI=1S/C11H17F2N3O2/c1-10(12,13)8-6-14-4-2-11(8,3-5-17)9-7-15-16-18-9/h7-8,14,17H,2-6H2,1H3/t8?,11-/m1/s1. The molecule has 0 radical (unpaired) electrons. The molecule has 18 heavy (non-hydrogen) atoms. The second-order valence-corrected chi connectivity index (χ2v) is 4.87. The number of hydrogen-bond donors (Lipinski definition) is 2. The molecule has 2 rings (SSSR count). The molecule has 2 atom stereocenters. The highest BCUT2D eigenvalue weighted by Crippen LogP contribution is 2.46. The van der Waals surface area contributed by atoms with Crippen molar-refractivity contribution in [1.29, 1.82) is 0 Å². The number of nitrogens with zero attached hydrogens (tertiary/aromatic N) is 2. The Balaban J connectivity index is 2.42. The van der Waals surface area contributed by atoms with E-state index in [4.69, 9.17) is 4.52 Å². The summed E-state index contributed by atoms with van der Waals surface area (Å²) in [5, 5.41) is 19.1. The monoisotopic (exact) mass is 261 g/mol. The average molecular weight is 261 g/mol. The lowest BCUT2D eigenvalue weighted by Crippen LogP contribution is -2.54. The van der Waals surface area contributed by atoms with Crippen LogP contribution in [0.1, 0.15) is 25.5 Å². The first-order valence-corrected chi connectivity index (χ1v) is 5.98. The van der Waals surface area contributed by atoms with Crippen LogP contribution in [0.3, 0.4) is 0 Å². The molecule has 7 heteroatoms. The molecule has 5 nitrogen and oxygen atoms in total. The van der Waals surface area contributed by atoms with Crippen molar-refractivity contribution in [3.63, 3.8) is 0 Å². The van der Waals surface area contributed by atoms with Gasteiger partial charge in [0.2, 0.25) is 5.92 Å². The Morgan fingerprint density at radius 1 is 1.67 bits per heavy atom. The molecular formula is C11H17F2N3O2. The molecule has 0 aliphatic carbocycles. The van der Waals surface area contributed by atoms with Crippen molar-refractivity contribution >= 4 is 0 Å². The summed E-state index contributed by atoms with van der Waals surface area (Å²) in [6.45, 7) is 1.52. The van der Waals surface area contributed by atoms with Crippen LogP contribution in [0.25, 0.3) is 0 Å². The molecule has 0 amide bonds. The second-order valence-electron chi connectivity index (χ2n) is 4.87. The van der Waals surface area contributed by atoms with Crippen molar-refractivity contribution in [3.8, 4) is 0 Å². The van der Waals surface area contributed by atoms with Gasteiger partial charge in [-0.05, 0) is 26.3 Å². The van der Waals surface area contributed by atoms with E-state index in [9.17, 15) is 13.9 Å². The van der Waals surface area contributed by atoms with E-state index < -0.39 is 17.3 Å². The minimum absolute atomic E-state index is 0.173. The number of hydrogen-bond acceptors (Lipinski definition) is 5. The minimum atomic E-state index is -2.87. The topological polar surface area (TPSA) is 71.2 Å². The molecule has 2 heterocycles. The van der Waals surface area contributed by atoms with Crippen molar-refractivity contribution in [1.82, 2.24) is 15.7 Å². The van der Waals surface area contributed by atoms with E-state index in [2.05, 4.69) is 15.7 Å². The minimum Gasteiger partial charge on any atom is -0.396 e. The Morgan fingerprint density at radius 3 is 3.00 bits per heavy atom. The number of aromatic nitrogens is 2. The van der Waals surface area contributed by atoms with Gasteiger partial charge in [-0.2, -0.15) is 0 Å². The molecule has 0 saturated carbocycles. The fourth-order valence-electron chi connectivity index (χ4n) is 2.90. The summed E-state index contributed by atoms with van der Waals surface area (Å²) in [7, 11) is 0. The van der Waals surface area contributed by atoms with Crippen LogP contribution in [0.15, 0.2) is 10.7 Å². The second kappa shape index (κ2) is 4.89. The van der Waals surface area contributed by atoms with Crippen LogP contribution in [-0.4, -0.2) is 41.1 Å². The molecular weight excluding hydrogens is 244 g/mol. The third-order valence-corrected chi connectivity index (χ3v) is 3.79. The van der Waals surface area contributed by atoms with E-state index in [-0.39, 0.29) is 19.6 Å². The molecule has 1 aromatic rings. The van der Waals surface area contributed by atoms with Crippen LogP contribution >= 0.6 is 0 Å². The smallest absolute Gasteiger partial charge is 0.250 e. The number of aliphatic hydroxyl groups is 1. The largest absolute Gasteiger partial charge is 0.396 e. The third-order valence-electron chi connectivity index (χ3n) is 3.79. The van der Waals surface area contributed by atoms with Gasteiger partial charge < -0.3 is 14.9 Å². The van der Waals surface area contributed by atoms with Crippen molar-refractivity contribution < 1.29 is 18.4 Å². The molecule has 1 aromatic heterocycles. The fourth-order valence-corrected chi connectivity index (χ4v) is 2.90. The molecule has 0 aromatic carbocycles. The van der Waals surface area contributed by atoms with Crippen LogP contribution in [0.5, 0.6) is 0 Å². The van der Waals surface area contributed by atoms with Gasteiger partial charge in [0.05, 0.1) is 6.20 Å². The first-order valence-electron chi connectivity index (χ1n) is 5.98. The number of halogens is 2. The van der Waals surface area contributed by atoms with Gasteiger partial charge in [-0.25, -0.2) is 8.78 Å². The van der Waals surface area contributed by atoms with E-state index in [1.54, 1.807) is 0 Å². The Kier molecular flexibility index (Phi) is 3.63. The average Bonchev–Trinajstić information content (AvgIpc) is 2.82. The van der Waals surface area contributed by atoms with E-state index in [0.29, 0.717) is 18.7 Å². The molecule has 1 aliphatic heterocycles. The fraction of sp³-hybridized carbons (Fsp3) is 0.818. The predicted molar refractivity (Wildman–Crippen MR) is 59.3 cm³/mol. The van der Waals surface area contributed by atoms with Crippen LogP contribution in [0.4, 0.5) is 8.78 Å². The summed E-state index contributed by atoms with van der Waals surface area (Å²) < 4.78 is 32.6. The van der Waals surface area contributed by atoms with Gasteiger partial charge in [-0.3, -0.25) is 0 Å². The molecule has 0 bridgehead atoms. The highest BCUT2D eigenvalue weighted by molar-refractivity contribution is 5.16. The maximum atomic E-state index is 13.8. The van der Waals surface area contributed by atoms with Gasteiger partial charge in [0.1, 0.15) is 0 Å². The molecule has 1 unspecified atom stereocenters. The maximum absolute atomic E-state index is 13.8. The Hall–Kier alpha value is -1.08. The normalized spacial score (nSPS) is 29.4. The zero-order chi connectivity index (χ0) is 13.2. The summed E-state index contributed by atoms with van der Waals surface area (Å²) in [6.07, 6.45) is 2.07. The van der Waals surface area contributed by atoms with Crippen LogP contribution in [0, 0.1) is 5.92 Å². The lowest BCUT2D eigenvalue weighted by Gasteiger charge is -2.44. The van der Waals surface area contributed by atoms with Gasteiger partial charge in [-0.1, -0.05) is 0 Å². The van der Waals surface area contributed by atoms with Crippen molar-refractivity contribution in [3.05, 3.63) is 12.0 Å². The zero-order valence-corrected chi connectivity index (χ0v) is 10.2. The molecule has 2 N–H and O–H groups in total. The third kappa shape index (κ3) is 2.24. The summed E-state index contributed by atoms with van der Waals surface area (Å²) in [5.74, 6) is -3.47. The Morgan fingerprint density at radius 2 is 2.44 bits per heavy atom. The first kappa shape index (κ1) is 13.4. The quantitative estimate of drug-likeness (QED) is 0.844. The van der Waals surface area contributed by atoms with Crippen molar-refractivity contribution in [2.24, 2.45) is 5.92 Å². The van der Waals surface area contributed by atoms with Gasteiger partial charge in [0.25, 0.3) is 0 Å². The highest BCUT2D eigenvalue weighted by atomic mass is 19.3. The predicted octanol–water partition coefficient (Wildman–Crippen LogP) is 0.954. The summed E-state index contributed by atoms with van der Waals surface area (Å²) >= 11 is 0.